The molecule has 1 unspecified atom stereocenters. The molecule has 0 aliphatic rings. The van der Waals surface area contributed by atoms with Gasteiger partial charge in [0.05, 0.1) is 0 Å². The second-order valence-corrected chi connectivity index (χ2v) is 2.73. The number of carboxylic acids is 1. The molecule has 0 aliphatic carbocycles. The molecule has 0 saturated carbocycles. The summed E-state index contributed by atoms with van der Waals surface area (Å²) in [5.41, 5.74) is 0. The summed E-state index contributed by atoms with van der Waals surface area (Å²) >= 11 is 3.26. The first kappa shape index (κ1) is 9.69. The van der Waals surface area contributed by atoms with Gasteiger partial charge in [0.1, 0.15) is 0 Å². The van der Waals surface area contributed by atoms with Crippen molar-refractivity contribution in [2.45, 2.75) is 12.8 Å². The van der Waals surface area contributed by atoms with Crippen LogP contribution in [0, 0.1) is 5.92 Å². The Morgan fingerprint density at radius 3 is 2.70 bits per heavy atom. The summed E-state index contributed by atoms with van der Waals surface area (Å²) in [5, 5.41) is 9.10. The number of hydrogen-bond acceptors (Lipinski definition) is 1. The lowest BCUT2D eigenvalue weighted by Gasteiger charge is -2.04. The van der Waals surface area contributed by atoms with Crippen LogP contribution < -0.4 is 0 Å². The number of halogens is 1. The van der Waals surface area contributed by atoms with Crippen molar-refractivity contribution in [3.63, 3.8) is 0 Å². The largest absolute Gasteiger partial charge is 0.481 e. The van der Waals surface area contributed by atoms with Crippen molar-refractivity contribution in [1.82, 2.24) is 0 Å². The zero-order valence-electron chi connectivity index (χ0n) is 5.72. The first-order valence-corrected chi connectivity index (χ1v) is 4.23. The zero-order chi connectivity index (χ0) is 7.98. The molecular formula is C7H11BrO2. The van der Waals surface area contributed by atoms with Gasteiger partial charge in [-0.1, -0.05) is 22.0 Å². The Balaban J connectivity index is 3.44. The predicted molar refractivity (Wildman–Crippen MR) is 44.4 cm³/mol. The van der Waals surface area contributed by atoms with Crippen LogP contribution in [0.25, 0.3) is 0 Å². The van der Waals surface area contributed by atoms with Gasteiger partial charge in [-0.05, 0) is 12.3 Å². The topological polar surface area (TPSA) is 37.3 Å². The lowest BCUT2D eigenvalue weighted by Crippen LogP contribution is -2.02. The van der Waals surface area contributed by atoms with Crippen LogP contribution in [0.2, 0.25) is 0 Å². The van der Waals surface area contributed by atoms with E-state index in [2.05, 4.69) is 22.5 Å². The number of carboxylic acid groups (broad SMARTS) is 1. The van der Waals surface area contributed by atoms with Crippen molar-refractivity contribution in [2.75, 3.05) is 5.33 Å². The summed E-state index contributed by atoms with van der Waals surface area (Å²) in [4.78, 5) is 10.1. The van der Waals surface area contributed by atoms with Gasteiger partial charge in [0.25, 0.3) is 0 Å². The van der Waals surface area contributed by atoms with E-state index in [0.29, 0.717) is 6.42 Å². The van der Waals surface area contributed by atoms with Crippen LogP contribution in [-0.4, -0.2) is 16.4 Å². The highest BCUT2D eigenvalue weighted by Gasteiger charge is 2.04. The summed E-state index contributed by atoms with van der Waals surface area (Å²) in [5.74, 6) is -0.455. The number of allylic oxidation sites excluding steroid dienone is 1. The monoisotopic (exact) mass is 206 g/mol. The van der Waals surface area contributed by atoms with Crippen LogP contribution in [0.1, 0.15) is 12.8 Å². The molecule has 1 N–H and O–H groups in total. The normalized spacial score (nSPS) is 12.5. The molecule has 1 atom stereocenters. The molecule has 3 heteroatoms. The van der Waals surface area contributed by atoms with E-state index in [1.54, 1.807) is 6.08 Å². The Morgan fingerprint density at radius 1 is 1.80 bits per heavy atom. The summed E-state index contributed by atoms with van der Waals surface area (Å²) in [6, 6.07) is 0. The number of rotatable bonds is 5. The van der Waals surface area contributed by atoms with Gasteiger partial charge >= 0.3 is 5.97 Å². The number of carbonyl (C=O) groups is 1. The third-order valence-electron chi connectivity index (χ3n) is 1.26. The number of aliphatic carboxylic acids is 1. The Labute approximate surface area is 69.1 Å². The molecule has 0 aliphatic heterocycles. The van der Waals surface area contributed by atoms with Crippen LogP contribution in [0.3, 0.4) is 0 Å². The van der Waals surface area contributed by atoms with Crippen LogP contribution in [0.5, 0.6) is 0 Å². The molecule has 0 aromatic heterocycles. The van der Waals surface area contributed by atoms with Gasteiger partial charge in [-0.15, -0.1) is 6.58 Å². The molecule has 0 radical (unpaired) electrons. The molecule has 0 rings (SSSR count). The first-order chi connectivity index (χ1) is 4.70. The Kier molecular flexibility index (Phi) is 5.30. The minimum Gasteiger partial charge on any atom is -0.481 e. The maximum atomic E-state index is 10.1. The van der Waals surface area contributed by atoms with E-state index >= 15 is 0 Å². The van der Waals surface area contributed by atoms with E-state index in [1.807, 2.05) is 0 Å². The average molecular weight is 207 g/mol. The standard InChI is InChI=1S/C7H11BrO2/c1-2-6(5-8)3-4-7(9)10/h2,6H,1,3-5H2,(H,9,10). The molecule has 0 aromatic carbocycles. The second-order valence-electron chi connectivity index (χ2n) is 2.08. The van der Waals surface area contributed by atoms with Crippen molar-refractivity contribution < 1.29 is 9.90 Å². The van der Waals surface area contributed by atoms with Crippen LogP contribution >= 0.6 is 15.9 Å². The third kappa shape index (κ3) is 4.56. The highest BCUT2D eigenvalue weighted by atomic mass is 79.9. The summed E-state index contributed by atoms with van der Waals surface area (Å²) < 4.78 is 0. The van der Waals surface area contributed by atoms with E-state index in [1.165, 1.54) is 0 Å². The summed E-state index contributed by atoms with van der Waals surface area (Å²) in [6.07, 6.45) is 2.67. The lowest BCUT2D eigenvalue weighted by molar-refractivity contribution is -0.137. The molecule has 0 fully saturated rings. The highest BCUT2D eigenvalue weighted by Crippen LogP contribution is 2.10. The van der Waals surface area contributed by atoms with Crippen molar-refractivity contribution in [2.24, 2.45) is 5.92 Å². The van der Waals surface area contributed by atoms with E-state index in [9.17, 15) is 4.79 Å². The maximum Gasteiger partial charge on any atom is 0.303 e. The Bertz CT molecular complexity index is 123. The minimum atomic E-state index is -0.743. The average Bonchev–Trinajstić information content (AvgIpc) is 1.90. The SMILES string of the molecule is C=CC(CBr)CCC(=O)O. The van der Waals surface area contributed by atoms with Crippen molar-refractivity contribution in [1.29, 1.82) is 0 Å². The molecule has 0 spiro atoms. The van der Waals surface area contributed by atoms with Crippen molar-refractivity contribution in [3.05, 3.63) is 12.7 Å². The molecule has 0 saturated heterocycles. The Hall–Kier alpha value is -0.310. The van der Waals surface area contributed by atoms with Crippen LogP contribution in [-0.2, 0) is 4.79 Å². The lowest BCUT2D eigenvalue weighted by atomic mass is 10.1. The summed E-state index contributed by atoms with van der Waals surface area (Å²) in [7, 11) is 0. The number of hydrogen-bond donors (Lipinski definition) is 1. The molecule has 0 aromatic rings. The minimum absolute atomic E-state index is 0.224. The van der Waals surface area contributed by atoms with Crippen molar-refractivity contribution >= 4 is 21.9 Å². The van der Waals surface area contributed by atoms with Gasteiger partial charge in [0, 0.05) is 11.8 Å². The number of alkyl halides is 1. The fourth-order valence-electron chi connectivity index (χ4n) is 0.567. The van der Waals surface area contributed by atoms with Crippen molar-refractivity contribution in [3.8, 4) is 0 Å². The van der Waals surface area contributed by atoms with Gasteiger partial charge in [-0.3, -0.25) is 4.79 Å². The quantitative estimate of drug-likeness (QED) is 0.553. The predicted octanol–water partition coefficient (Wildman–Crippen LogP) is 2.05. The van der Waals surface area contributed by atoms with Gasteiger partial charge in [-0.2, -0.15) is 0 Å². The molecule has 0 bridgehead atoms. The molecule has 58 valence electrons. The van der Waals surface area contributed by atoms with Crippen LogP contribution in [0.15, 0.2) is 12.7 Å². The third-order valence-corrected chi connectivity index (χ3v) is 2.09. The fraction of sp³-hybridized carbons (Fsp3) is 0.571. The maximum absolute atomic E-state index is 10.1. The van der Waals surface area contributed by atoms with Gasteiger partial charge < -0.3 is 5.11 Å². The fourth-order valence-corrected chi connectivity index (χ4v) is 1.15. The smallest absolute Gasteiger partial charge is 0.303 e. The Morgan fingerprint density at radius 2 is 2.40 bits per heavy atom. The second kappa shape index (κ2) is 5.47. The highest BCUT2D eigenvalue weighted by molar-refractivity contribution is 9.09. The van der Waals surface area contributed by atoms with E-state index in [-0.39, 0.29) is 12.3 Å². The summed E-state index contributed by atoms with van der Waals surface area (Å²) in [6.45, 7) is 3.59. The molecule has 10 heavy (non-hydrogen) atoms. The first-order valence-electron chi connectivity index (χ1n) is 3.11. The van der Waals surface area contributed by atoms with E-state index in [4.69, 9.17) is 5.11 Å². The molecular weight excluding hydrogens is 196 g/mol. The zero-order valence-corrected chi connectivity index (χ0v) is 7.30. The van der Waals surface area contributed by atoms with E-state index in [0.717, 1.165) is 5.33 Å². The molecule has 0 amide bonds. The molecule has 2 nitrogen and oxygen atoms in total. The van der Waals surface area contributed by atoms with Gasteiger partial charge in [-0.25, -0.2) is 0 Å². The van der Waals surface area contributed by atoms with Gasteiger partial charge in [0.2, 0.25) is 0 Å². The van der Waals surface area contributed by atoms with Crippen LogP contribution in [0.4, 0.5) is 0 Å². The van der Waals surface area contributed by atoms with E-state index < -0.39 is 5.97 Å². The van der Waals surface area contributed by atoms with Gasteiger partial charge in [0.15, 0.2) is 0 Å². The molecule has 0 heterocycles.